The lowest BCUT2D eigenvalue weighted by Gasteiger charge is -1.89. The molecule has 0 radical (unpaired) electrons. The number of hydrogen-bond donors (Lipinski definition) is 1. The van der Waals surface area contributed by atoms with Gasteiger partial charge in [-0.3, -0.25) is 5.10 Å². The molecule has 1 aromatic heterocycles. The Hall–Kier alpha value is -1.42. The molecule has 0 aliphatic heterocycles. The van der Waals surface area contributed by atoms with Crippen LogP contribution in [0.3, 0.4) is 0 Å². The molecule has 1 rings (SSSR count). The highest BCUT2D eigenvalue weighted by molar-refractivity contribution is 7.91. The number of aromatic amines is 1. The number of nitriles is 1. The fraction of sp³-hybridized carbons (Fsp3) is 0.250. The molecule has 11 heavy (non-hydrogen) atoms. The third kappa shape index (κ3) is 1.53. The summed E-state index contributed by atoms with van der Waals surface area (Å²) in [7, 11) is -3.56. The first-order chi connectivity index (χ1) is 5.17. The Morgan fingerprint density at radius 2 is 2.45 bits per heavy atom. The van der Waals surface area contributed by atoms with Gasteiger partial charge >= 0.3 is 0 Å². The van der Waals surface area contributed by atoms with E-state index < -0.39 is 15.6 Å². The maximum Gasteiger partial charge on any atom is 0.244 e. The van der Waals surface area contributed by atoms with Gasteiger partial charge in [0.15, 0.2) is 0 Å². The van der Waals surface area contributed by atoms with Crippen LogP contribution in [0.2, 0.25) is 0 Å². The van der Waals surface area contributed by atoms with Gasteiger partial charge in [0.25, 0.3) is 0 Å². The molecule has 1 heterocycles. The lowest BCUT2D eigenvalue weighted by Crippen LogP contribution is -2.06. The van der Waals surface area contributed by atoms with Crippen LogP contribution in [0.1, 0.15) is 0 Å². The highest BCUT2D eigenvalue weighted by Crippen LogP contribution is 1.99. The summed E-state index contributed by atoms with van der Waals surface area (Å²) in [5.74, 6) is -0.581. The minimum absolute atomic E-state index is 0.265. The van der Waals surface area contributed by atoms with Crippen LogP contribution < -0.4 is 0 Å². The molecule has 0 aromatic carbocycles. The van der Waals surface area contributed by atoms with Crippen LogP contribution in [0.5, 0.6) is 0 Å². The van der Waals surface area contributed by atoms with Crippen LogP contribution in [0.15, 0.2) is 11.5 Å². The van der Waals surface area contributed by atoms with E-state index >= 15 is 0 Å². The normalized spacial score (nSPS) is 10.8. The van der Waals surface area contributed by atoms with Crippen molar-refractivity contribution in [3.63, 3.8) is 0 Å². The molecule has 0 amide bonds. The highest BCUT2D eigenvalue weighted by Gasteiger charge is 2.16. The maximum atomic E-state index is 10.9. The summed E-state index contributed by atoms with van der Waals surface area (Å²) in [6, 6.07) is 1.52. The number of aromatic nitrogens is 3. The van der Waals surface area contributed by atoms with Crippen molar-refractivity contribution in [3.8, 4) is 6.07 Å². The number of H-pyrrole nitrogens is 1. The Balaban J connectivity index is 3.04. The first-order valence-electron chi connectivity index (χ1n) is 2.62. The van der Waals surface area contributed by atoms with E-state index in [4.69, 9.17) is 5.26 Å². The van der Waals surface area contributed by atoms with E-state index in [0.29, 0.717) is 0 Å². The van der Waals surface area contributed by atoms with Crippen molar-refractivity contribution in [3.05, 3.63) is 6.33 Å². The van der Waals surface area contributed by atoms with Crippen LogP contribution >= 0.6 is 0 Å². The van der Waals surface area contributed by atoms with Gasteiger partial charge in [0.1, 0.15) is 12.1 Å². The zero-order chi connectivity index (χ0) is 8.32. The summed E-state index contributed by atoms with van der Waals surface area (Å²) < 4.78 is 21.9. The van der Waals surface area contributed by atoms with Crippen molar-refractivity contribution in [2.24, 2.45) is 0 Å². The first kappa shape index (κ1) is 7.68. The van der Waals surface area contributed by atoms with Crippen LogP contribution in [0.4, 0.5) is 0 Å². The predicted molar refractivity (Wildman–Crippen MR) is 34.0 cm³/mol. The van der Waals surface area contributed by atoms with Gasteiger partial charge in [-0.05, 0) is 0 Å². The molecule has 0 saturated carbocycles. The molecule has 6 nitrogen and oxygen atoms in total. The van der Waals surface area contributed by atoms with Gasteiger partial charge in [0, 0.05) is 0 Å². The summed E-state index contributed by atoms with van der Waals surface area (Å²) in [4.78, 5) is 3.40. The maximum absolute atomic E-state index is 10.9. The topological polar surface area (TPSA) is 99.5 Å². The number of sulfone groups is 1. The van der Waals surface area contributed by atoms with Gasteiger partial charge < -0.3 is 0 Å². The van der Waals surface area contributed by atoms with Crippen molar-refractivity contribution in [1.29, 1.82) is 5.26 Å². The van der Waals surface area contributed by atoms with Gasteiger partial charge in [0.2, 0.25) is 15.0 Å². The minimum Gasteiger partial charge on any atom is -0.250 e. The molecule has 0 aliphatic rings. The third-order valence-electron chi connectivity index (χ3n) is 0.942. The van der Waals surface area contributed by atoms with E-state index in [-0.39, 0.29) is 5.16 Å². The molecule has 0 spiro atoms. The average molecular weight is 172 g/mol. The Kier molecular flexibility index (Phi) is 1.87. The average Bonchev–Trinajstić information content (AvgIpc) is 2.37. The van der Waals surface area contributed by atoms with Crippen LogP contribution in [-0.4, -0.2) is 29.4 Å². The van der Waals surface area contributed by atoms with Gasteiger partial charge in [-0.25, -0.2) is 13.4 Å². The smallest absolute Gasteiger partial charge is 0.244 e. The molecule has 0 aliphatic carbocycles. The SMILES string of the molecule is N#CCS(=O)(=O)c1ncn[nH]1. The van der Waals surface area contributed by atoms with Gasteiger partial charge in [-0.15, -0.1) is 0 Å². The highest BCUT2D eigenvalue weighted by atomic mass is 32.2. The molecule has 1 N–H and O–H groups in total. The largest absolute Gasteiger partial charge is 0.250 e. The van der Waals surface area contributed by atoms with Crippen molar-refractivity contribution < 1.29 is 8.42 Å². The summed E-state index contributed by atoms with van der Waals surface area (Å²) >= 11 is 0. The minimum atomic E-state index is -3.56. The lowest BCUT2D eigenvalue weighted by molar-refractivity contribution is 0.591. The second kappa shape index (κ2) is 2.67. The number of rotatable bonds is 2. The van der Waals surface area contributed by atoms with E-state index in [9.17, 15) is 8.42 Å². The fourth-order valence-electron chi connectivity index (χ4n) is 0.497. The molecule has 1 aromatic rings. The van der Waals surface area contributed by atoms with Gasteiger partial charge in [0.05, 0.1) is 6.07 Å². The van der Waals surface area contributed by atoms with Crippen molar-refractivity contribution in [1.82, 2.24) is 15.2 Å². The van der Waals surface area contributed by atoms with Crippen LogP contribution in [-0.2, 0) is 9.84 Å². The van der Waals surface area contributed by atoms with Gasteiger partial charge in [-0.2, -0.15) is 10.4 Å². The molecular formula is C4H4N4O2S. The Morgan fingerprint density at radius 3 is 2.91 bits per heavy atom. The van der Waals surface area contributed by atoms with E-state index in [1.165, 1.54) is 6.07 Å². The quantitative estimate of drug-likeness (QED) is 0.623. The molecule has 0 fully saturated rings. The lowest BCUT2D eigenvalue weighted by atomic mass is 10.9. The monoisotopic (exact) mass is 172 g/mol. The van der Waals surface area contributed by atoms with E-state index in [1.54, 1.807) is 0 Å². The molecule has 0 unspecified atom stereocenters. The predicted octanol–water partition coefficient (Wildman–Crippen LogP) is -0.898. The second-order valence-electron chi connectivity index (χ2n) is 1.71. The standard InChI is InChI=1S/C4H4N4O2S/c5-1-2-11(9,10)4-6-3-7-8-4/h3H,2H2,(H,6,7,8). The summed E-state index contributed by atoms with van der Waals surface area (Å²) in [6.07, 6.45) is 1.07. The third-order valence-corrected chi connectivity index (χ3v) is 2.24. The number of nitrogens with one attached hydrogen (secondary N) is 1. The van der Waals surface area contributed by atoms with Crippen LogP contribution in [0, 0.1) is 11.3 Å². The Labute approximate surface area is 62.8 Å². The van der Waals surface area contributed by atoms with Crippen molar-refractivity contribution >= 4 is 9.84 Å². The van der Waals surface area contributed by atoms with Crippen LogP contribution in [0.25, 0.3) is 0 Å². The summed E-state index contributed by atoms with van der Waals surface area (Å²) in [5.41, 5.74) is 0. The molecule has 0 atom stereocenters. The Bertz CT molecular complexity index is 359. The van der Waals surface area contributed by atoms with E-state index in [2.05, 4.69) is 15.2 Å². The summed E-state index contributed by atoms with van der Waals surface area (Å²) in [6.45, 7) is 0. The van der Waals surface area contributed by atoms with Gasteiger partial charge in [-0.1, -0.05) is 0 Å². The van der Waals surface area contributed by atoms with E-state index in [1.807, 2.05) is 0 Å². The van der Waals surface area contributed by atoms with Crippen molar-refractivity contribution in [2.45, 2.75) is 5.16 Å². The summed E-state index contributed by atoms with van der Waals surface area (Å²) in [5, 5.41) is 13.4. The molecular weight excluding hydrogens is 168 g/mol. The number of hydrogen-bond acceptors (Lipinski definition) is 5. The molecule has 0 bridgehead atoms. The second-order valence-corrected chi connectivity index (χ2v) is 3.61. The fourth-order valence-corrected chi connectivity index (χ4v) is 1.20. The number of nitrogens with zero attached hydrogens (tertiary/aromatic N) is 3. The molecule has 58 valence electrons. The zero-order valence-corrected chi connectivity index (χ0v) is 6.17. The first-order valence-corrected chi connectivity index (χ1v) is 4.27. The Morgan fingerprint density at radius 1 is 1.73 bits per heavy atom. The van der Waals surface area contributed by atoms with Crippen molar-refractivity contribution in [2.75, 3.05) is 5.75 Å². The van der Waals surface area contributed by atoms with E-state index in [0.717, 1.165) is 6.33 Å². The zero-order valence-electron chi connectivity index (χ0n) is 5.35. The molecule has 7 heteroatoms. The molecule has 0 saturated heterocycles.